The monoisotopic (exact) mass is 356 g/mol. The first-order valence-corrected chi connectivity index (χ1v) is 9.08. The van der Waals surface area contributed by atoms with Gasteiger partial charge in [-0.15, -0.1) is 0 Å². The minimum atomic E-state index is -3.59. The van der Waals surface area contributed by atoms with E-state index >= 15 is 0 Å². The van der Waals surface area contributed by atoms with E-state index in [0.29, 0.717) is 12.0 Å². The second-order valence-corrected chi connectivity index (χ2v) is 8.21. The number of amides is 1. The summed E-state index contributed by atoms with van der Waals surface area (Å²) in [7, 11) is -3.59. The number of carbonyl (C=O) groups excluding carboxylic acids is 1. The van der Waals surface area contributed by atoms with Crippen molar-refractivity contribution in [3.05, 3.63) is 29.8 Å². The van der Waals surface area contributed by atoms with Gasteiger partial charge in [0.15, 0.2) is 0 Å². The SMILES string of the molecule is CC(C)NS(=O)(=O)c1ccc(C(=O)NCCC(C)(C)C(=O)O)cc1. The van der Waals surface area contributed by atoms with E-state index in [1.807, 2.05) is 0 Å². The third-order valence-corrected chi connectivity index (χ3v) is 5.11. The first kappa shape index (κ1) is 20.1. The van der Waals surface area contributed by atoms with Crippen molar-refractivity contribution in [3.8, 4) is 0 Å². The Morgan fingerprint density at radius 2 is 1.71 bits per heavy atom. The second-order valence-electron chi connectivity index (χ2n) is 6.50. The van der Waals surface area contributed by atoms with Gasteiger partial charge in [0, 0.05) is 18.2 Å². The molecule has 0 aromatic heterocycles. The van der Waals surface area contributed by atoms with Gasteiger partial charge in [-0.3, -0.25) is 9.59 Å². The Bertz CT molecular complexity index is 694. The van der Waals surface area contributed by atoms with Crippen molar-refractivity contribution in [2.45, 2.75) is 45.1 Å². The minimum Gasteiger partial charge on any atom is -0.481 e. The number of hydrogen-bond acceptors (Lipinski definition) is 4. The molecule has 3 N–H and O–H groups in total. The molecule has 7 nitrogen and oxygen atoms in total. The molecule has 0 spiro atoms. The van der Waals surface area contributed by atoms with Crippen LogP contribution in [0.15, 0.2) is 29.2 Å². The largest absolute Gasteiger partial charge is 0.481 e. The maximum Gasteiger partial charge on any atom is 0.309 e. The van der Waals surface area contributed by atoms with Gasteiger partial charge < -0.3 is 10.4 Å². The lowest BCUT2D eigenvalue weighted by molar-refractivity contribution is -0.147. The summed E-state index contributed by atoms with van der Waals surface area (Å²) in [4.78, 5) is 23.1. The van der Waals surface area contributed by atoms with E-state index < -0.39 is 21.4 Å². The molecular weight excluding hydrogens is 332 g/mol. The minimum absolute atomic E-state index is 0.0831. The average Bonchev–Trinajstić information content (AvgIpc) is 2.45. The fraction of sp³-hybridized carbons (Fsp3) is 0.500. The zero-order valence-electron chi connectivity index (χ0n) is 14.3. The summed E-state index contributed by atoms with van der Waals surface area (Å²) in [6.45, 7) is 6.83. The zero-order valence-corrected chi connectivity index (χ0v) is 15.1. The molecule has 134 valence electrons. The van der Waals surface area contributed by atoms with Crippen molar-refractivity contribution in [2.24, 2.45) is 5.41 Å². The summed E-state index contributed by atoms with van der Waals surface area (Å²) in [5, 5.41) is 11.7. The molecule has 0 saturated carbocycles. The molecule has 0 aliphatic carbocycles. The van der Waals surface area contributed by atoms with Crippen LogP contribution in [-0.2, 0) is 14.8 Å². The highest BCUT2D eigenvalue weighted by atomic mass is 32.2. The van der Waals surface area contributed by atoms with Crippen molar-refractivity contribution >= 4 is 21.9 Å². The standard InChI is InChI=1S/C16H24N2O5S/c1-11(2)18-24(22,23)13-7-5-12(6-8-13)14(19)17-10-9-16(3,4)15(20)21/h5-8,11,18H,9-10H2,1-4H3,(H,17,19)(H,20,21). The van der Waals surface area contributed by atoms with Gasteiger partial charge in [0.05, 0.1) is 10.3 Å². The van der Waals surface area contributed by atoms with Crippen LogP contribution in [0.25, 0.3) is 0 Å². The summed E-state index contributed by atoms with van der Waals surface area (Å²) >= 11 is 0. The van der Waals surface area contributed by atoms with Crippen LogP contribution in [0.4, 0.5) is 0 Å². The number of sulfonamides is 1. The third-order valence-electron chi connectivity index (χ3n) is 3.43. The van der Waals surface area contributed by atoms with Crippen molar-refractivity contribution in [3.63, 3.8) is 0 Å². The van der Waals surface area contributed by atoms with Gasteiger partial charge in [-0.05, 0) is 58.4 Å². The molecule has 1 aromatic rings. The maximum absolute atomic E-state index is 12.0. The maximum atomic E-state index is 12.0. The van der Waals surface area contributed by atoms with Gasteiger partial charge in [-0.2, -0.15) is 0 Å². The number of carbonyl (C=O) groups is 2. The third kappa shape index (κ3) is 5.61. The molecule has 0 bridgehead atoms. The number of hydrogen-bond donors (Lipinski definition) is 3. The van der Waals surface area contributed by atoms with Gasteiger partial charge in [-0.1, -0.05) is 0 Å². The number of nitrogens with one attached hydrogen (secondary N) is 2. The van der Waals surface area contributed by atoms with Crippen LogP contribution in [0.2, 0.25) is 0 Å². The van der Waals surface area contributed by atoms with Crippen molar-refractivity contribution in [1.29, 1.82) is 0 Å². The molecule has 24 heavy (non-hydrogen) atoms. The van der Waals surface area contributed by atoms with E-state index in [9.17, 15) is 18.0 Å². The van der Waals surface area contributed by atoms with Gasteiger partial charge in [0.25, 0.3) is 5.91 Å². The first-order chi connectivity index (χ1) is 11.0. The molecule has 1 rings (SSSR count). The number of carboxylic acid groups (broad SMARTS) is 1. The molecule has 0 unspecified atom stereocenters. The van der Waals surface area contributed by atoms with E-state index in [4.69, 9.17) is 5.11 Å². The molecule has 0 fully saturated rings. The van der Waals surface area contributed by atoms with E-state index in [0.717, 1.165) is 0 Å². The Kier molecular flexibility index (Phi) is 6.50. The summed E-state index contributed by atoms with van der Waals surface area (Å²) in [5.41, 5.74) is -0.611. The van der Waals surface area contributed by atoms with E-state index in [2.05, 4.69) is 10.0 Å². The summed E-state index contributed by atoms with van der Waals surface area (Å²) in [6.07, 6.45) is 0.291. The highest BCUT2D eigenvalue weighted by molar-refractivity contribution is 7.89. The highest BCUT2D eigenvalue weighted by Gasteiger charge is 2.26. The normalized spacial score (nSPS) is 12.2. The van der Waals surface area contributed by atoms with Crippen LogP contribution in [-0.4, -0.2) is 38.0 Å². The van der Waals surface area contributed by atoms with Crippen molar-refractivity contribution in [2.75, 3.05) is 6.54 Å². The van der Waals surface area contributed by atoms with E-state index in [-0.39, 0.29) is 23.4 Å². The Morgan fingerprint density at radius 1 is 1.17 bits per heavy atom. The lowest BCUT2D eigenvalue weighted by Gasteiger charge is -2.18. The summed E-state index contributed by atoms with van der Waals surface area (Å²) in [5.74, 6) is -1.30. The molecule has 0 aliphatic heterocycles. The lowest BCUT2D eigenvalue weighted by Crippen LogP contribution is -2.32. The van der Waals surface area contributed by atoms with Gasteiger partial charge in [0.2, 0.25) is 10.0 Å². The predicted octanol–water partition coefficient (Wildman–Crippen LogP) is 1.60. The molecule has 1 aromatic carbocycles. The molecular formula is C16H24N2O5S. The Morgan fingerprint density at radius 3 is 2.17 bits per heavy atom. The van der Waals surface area contributed by atoms with Gasteiger partial charge in [0.1, 0.15) is 0 Å². The highest BCUT2D eigenvalue weighted by Crippen LogP contribution is 2.19. The van der Waals surface area contributed by atoms with Crippen LogP contribution in [0.5, 0.6) is 0 Å². The van der Waals surface area contributed by atoms with Crippen LogP contribution in [0, 0.1) is 5.41 Å². The van der Waals surface area contributed by atoms with Gasteiger partial charge in [-0.25, -0.2) is 13.1 Å². The Labute approximate surface area is 142 Å². The number of aliphatic carboxylic acids is 1. The average molecular weight is 356 g/mol. The fourth-order valence-electron chi connectivity index (χ4n) is 1.86. The molecule has 0 heterocycles. The zero-order chi connectivity index (χ0) is 18.5. The predicted molar refractivity (Wildman–Crippen MR) is 90.3 cm³/mol. The van der Waals surface area contributed by atoms with Crippen LogP contribution < -0.4 is 10.0 Å². The van der Waals surface area contributed by atoms with E-state index in [1.54, 1.807) is 27.7 Å². The van der Waals surface area contributed by atoms with Crippen molar-refractivity contribution in [1.82, 2.24) is 10.0 Å². The summed E-state index contributed by atoms with van der Waals surface area (Å²) < 4.78 is 26.5. The molecule has 0 saturated heterocycles. The quantitative estimate of drug-likeness (QED) is 0.655. The molecule has 0 aliphatic rings. The van der Waals surface area contributed by atoms with Crippen LogP contribution in [0.1, 0.15) is 44.5 Å². The molecule has 0 radical (unpaired) electrons. The van der Waals surface area contributed by atoms with Gasteiger partial charge >= 0.3 is 5.97 Å². The molecule has 8 heteroatoms. The fourth-order valence-corrected chi connectivity index (χ4v) is 3.11. The Balaban J connectivity index is 2.69. The Hall–Kier alpha value is -1.93. The number of carboxylic acids is 1. The second kappa shape index (κ2) is 7.76. The number of benzene rings is 1. The topological polar surface area (TPSA) is 113 Å². The van der Waals surface area contributed by atoms with Crippen molar-refractivity contribution < 1.29 is 23.1 Å². The number of rotatable bonds is 8. The first-order valence-electron chi connectivity index (χ1n) is 7.60. The molecule has 1 amide bonds. The van der Waals surface area contributed by atoms with Crippen LogP contribution in [0.3, 0.4) is 0 Å². The van der Waals surface area contributed by atoms with Crippen LogP contribution >= 0.6 is 0 Å². The molecule has 0 atom stereocenters. The lowest BCUT2D eigenvalue weighted by atomic mass is 9.90. The van der Waals surface area contributed by atoms with E-state index in [1.165, 1.54) is 24.3 Å². The smallest absolute Gasteiger partial charge is 0.309 e. The summed E-state index contributed by atoms with van der Waals surface area (Å²) in [6, 6.07) is 5.34.